The van der Waals surface area contributed by atoms with E-state index in [0.717, 1.165) is 0 Å². The molecule has 0 unspecified atom stereocenters. The van der Waals surface area contributed by atoms with Gasteiger partial charge in [0.2, 0.25) is 5.89 Å². The molecule has 0 fully saturated rings. The van der Waals surface area contributed by atoms with Crippen LogP contribution in [0.3, 0.4) is 0 Å². The Morgan fingerprint density at radius 1 is 1.19 bits per heavy atom. The van der Waals surface area contributed by atoms with Gasteiger partial charge in [0, 0.05) is 11.8 Å². The molecule has 2 aromatic carbocycles. The first kappa shape index (κ1) is 13.9. The number of oxazole rings is 1. The monoisotopic (exact) mass is 322 g/mol. The lowest BCUT2D eigenvalue weighted by molar-refractivity contribution is 0.540. The number of nitrogens with zero attached hydrogens (tertiary/aromatic N) is 1. The van der Waals surface area contributed by atoms with Gasteiger partial charge in [0.1, 0.15) is 11.3 Å². The number of hydrogen-bond acceptors (Lipinski definition) is 5. The van der Waals surface area contributed by atoms with Gasteiger partial charge in [-0.3, -0.25) is 0 Å². The highest BCUT2D eigenvalue weighted by atomic mass is 35.5. The molecule has 0 saturated carbocycles. The van der Waals surface area contributed by atoms with Crippen LogP contribution >= 0.6 is 11.6 Å². The second-order valence-electron chi connectivity index (χ2n) is 4.52. The minimum atomic E-state index is -3.62. The van der Waals surface area contributed by atoms with Crippen molar-refractivity contribution in [3.05, 3.63) is 53.4 Å². The minimum absolute atomic E-state index is 0.0634. The second-order valence-corrected chi connectivity index (χ2v) is 6.89. The standard InChI is InChI=1S/C14H11ClN2O3S/c15-10-3-1-2-4-13(10)21(18,19)8-14-17-11-6-5-9(16)7-12(11)20-14/h1-7H,8,16H2. The van der Waals surface area contributed by atoms with E-state index in [9.17, 15) is 8.42 Å². The summed E-state index contributed by atoms with van der Waals surface area (Å²) in [5, 5.41) is 0.179. The highest BCUT2D eigenvalue weighted by molar-refractivity contribution is 7.90. The van der Waals surface area contributed by atoms with Crippen LogP contribution in [0.15, 0.2) is 51.8 Å². The van der Waals surface area contributed by atoms with Crippen molar-refractivity contribution in [1.29, 1.82) is 0 Å². The van der Waals surface area contributed by atoms with Crippen molar-refractivity contribution in [2.45, 2.75) is 10.6 Å². The third-order valence-electron chi connectivity index (χ3n) is 2.94. The zero-order valence-corrected chi connectivity index (χ0v) is 12.4. The van der Waals surface area contributed by atoms with Gasteiger partial charge in [-0.1, -0.05) is 23.7 Å². The maximum atomic E-state index is 12.4. The van der Waals surface area contributed by atoms with Crippen molar-refractivity contribution in [2.75, 3.05) is 5.73 Å². The zero-order chi connectivity index (χ0) is 15.0. The van der Waals surface area contributed by atoms with Gasteiger partial charge < -0.3 is 10.2 Å². The molecule has 0 amide bonds. The van der Waals surface area contributed by atoms with Gasteiger partial charge in [-0.2, -0.15) is 0 Å². The molecule has 1 heterocycles. The lowest BCUT2D eigenvalue weighted by Crippen LogP contribution is -2.05. The molecule has 0 aliphatic heterocycles. The van der Waals surface area contributed by atoms with Crippen molar-refractivity contribution in [3.8, 4) is 0 Å². The summed E-state index contributed by atoms with van der Waals surface area (Å²) >= 11 is 5.93. The normalized spacial score (nSPS) is 11.9. The summed E-state index contributed by atoms with van der Waals surface area (Å²) in [7, 11) is -3.62. The molecule has 0 aliphatic carbocycles. The van der Waals surface area contributed by atoms with E-state index < -0.39 is 9.84 Å². The van der Waals surface area contributed by atoms with Crippen molar-refractivity contribution < 1.29 is 12.8 Å². The molecule has 0 aliphatic rings. The third kappa shape index (κ3) is 2.72. The fourth-order valence-corrected chi connectivity index (χ4v) is 3.73. The summed E-state index contributed by atoms with van der Waals surface area (Å²) in [4.78, 5) is 4.21. The molecule has 3 aromatic rings. The van der Waals surface area contributed by atoms with Gasteiger partial charge in [0.15, 0.2) is 15.4 Å². The fraction of sp³-hybridized carbons (Fsp3) is 0.0714. The highest BCUT2D eigenvalue weighted by Gasteiger charge is 2.21. The lowest BCUT2D eigenvalue weighted by Gasteiger charge is -2.03. The molecular weight excluding hydrogens is 312 g/mol. The molecule has 3 rings (SSSR count). The zero-order valence-electron chi connectivity index (χ0n) is 10.8. The number of nitrogens with two attached hydrogens (primary N) is 1. The summed E-state index contributed by atoms with van der Waals surface area (Å²) < 4.78 is 30.1. The Kier molecular flexibility index (Phi) is 3.35. The van der Waals surface area contributed by atoms with Crippen LogP contribution in [-0.2, 0) is 15.6 Å². The predicted octanol–water partition coefficient (Wildman–Crippen LogP) is 3.04. The Bertz CT molecular complexity index is 919. The lowest BCUT2D eigenvalue weighted by atomic mass is 10.3. The molecule has 0 atom stereocenters. The number of rotatable bonds is 3. The summed E-state index contributed by atoms with van der Waals surface area (Å²) in [6.07, 6.45) is 0. The molecule has 0 radical (unpaired) electrons. The van der Waals surface area contributed by atoms with E-state index in [-0.39, 0.29) is 21.6 Å². The number of aromatic nitrogens is 1. The first-order valence-electron chi connectivity index (χ1n) is 6.08. The van der Waals surface area contributed by atoms with Crippen LogP contribution in [0.4, 0.5) is 5.69 Å². The molecule has 21 heavy (non-hydrogen) atoms. The smallest absolute Gasteiger partial charge is 0.211 e. The second kappa shape index (κ2) is 5.05. The number of anilines is 1. The largest absolute Gasteiger partial charge is 0.439 e. The van der Waals surface area contributed by atoms with Crippen LogP contribution in [-0.4, -0.2) is 13.4 Å². The van der Waals surface area contributed by atoms with Gasteiger partial charge in [-0.05, 0) is 24.3 Å². The number of benzene rings is 2. The third-order valence-corrected chi connectivity index (χ3v) is 5.04. The average molecular weight is 323 g/mol. The number of fused-ring (bicyclic) bond motifs is 1. The Morgan fingerprint density at radius 2 is 1.95 bits per heavy atom. The molecule has 0 spiro atoms. The first-order valence-corrected chi connectivity index (χ1v) is 8.11. The van der Waals surface area contributed by atoms with E-state index >= 15 is 0 Å². The molecule has 7 heteroatoms. The first-order chi connectivity index (χ1) is 9.95. The van der Waals surface area contributed by atoms with E-state index in [0.29, 0.717) is 16.8 Å². The quantitative estimate of drug-likeness (QED) is 0.749. The average Bonchev–Trinajstić information content (AvgIpc) is 2.79. The Labute approximate surface area is 126 Å². The van der Waals surface area contributed by atoms with Gasteiger partial charge in [0.25, 0.3) is 0 Å². The molecule has 5 nitrogen and oxygen atoms in total. The SMILES string of the molecule is Nc1ccc2nc(CS(=O)(=O)c3ccccc3Cl)oc2c1. The predicted molar refractivity (Wildman–Crippen MR) is 80.8 cm³/mol. The van der Waals surface area contributed by atoms with Crippen molar-refractivity contribution in [2.24, 2.45) is 0 Å². The van der Waals surface area contributed by atoms with E-state index in [1.165, 1.54) is 12.1 Å². The van der Waals surface area contributed by atoms with Crippen LogP contribution in [0.25, 0.3) is 11.1 Å². The molecule has 2 N–H and O–H groups in total. The maximum Gasteiger partial charge on any atom is 0.211 e. The van der Waals surface area contributed by atoms with Crippen molar-refractivity contribution >= 4 is 38.2 Å². The molecule has 0 saturated heterocycles. The topological polar surface area (TPSA) is 86.2 Å². The highest BCUT2D eigenvalue weighted by Crippen LogP contribution is 2.26. The van der Waals surface area contributed by atoms with E-state index in [2.05, 4.69) is 4.98 Å². The van der Waals surface area contributed by atoms with Crippen LogP contribution < -0.4 is 5.73 Å². The molecule has 1 aromatic heterocycles. The van der Waals surface area contributed by atoms with Gasteiger partial charge in [-0.15, -0.1) is 0 Å². The van der Waals surface area contributed by atoms with E-state index in [1.54, 1.807) is 30.3 Å². The Balaban J connectivity index is 1.99. The van der Waals surface area contributed by atoms with E-state index in [1.807, 2.05) is 0 Å². The van der Waals surface area contributed by atoms with Crippen molar-refractivity contribution in [3.63, 3.8) is 0 Å². The molecule has 0 bridgehead atoms. The molecule has 108 valence electrons. The van der Waals surface area contributed by atoms with Crippen molar-refractivity contribution in [1.82, 2.24) is 4.98 Å². The minimum Gasteiger partial charge on any atom is -0.439 e. The Hall–Kier alpha value is -2.05. The number of hydrogen-bond donors (Lipinski definition) is 1. The number of halogens is 1. The van der Waals surface area contributed by atoms with Crippen LogP contribution in [0, 0.1) is 0 Å². The van der Waals surface area contributed by atoms with Gasteiger partial charge in [0.05, 0.1) is 9.92 Å². The Morgan fingerprint density at radius 3 is 2.71 bits per heavy atom. The van der Waals surface area contributed by atoms with Crippen LogP contribution in [0.2, 0.25) is 5.02 Å². The van der Waals surface area contributed by atoms with Crippen LogP contribution in [0.1, 0.15) is 5.89 Å². The summed E-state index contributed by atoms with van der Waals surface area (Å²) in [5.41, 5.74) is 7.20. The maximum absolute atomic E-state index is 12.4. The summed E-state index contributed by atoms with van der Waals surface area (Å²) in [6.45, 7) is 0. The molecular formula is C14H11ClN2O3S. The van der Waals surface area contributed by atoms with Gasteiger partial charge in [-0.25, -0.2) is 13.4 Å². The summed E-state index contributed by atoms with van der Waals surface area (Å²) in [5.74, 6) is -0.249. The van der Waals surface area contributed by atoms with Crippen LogP contribution in [0.5, 0.6) is 0 Å². The number of sulfone groups is 1. The number of nitrogen functional groups attached to an aromatic ring is 1. The van der Waals surface area contributed by atoms with Gasteiger partial charge >= 0.3 is 0 Å². The van der Waals surface area contributed by atoms with E-state index in [4.69, 9.17) is 21.8 Å². The summed E-state index contributed by atoms with van der Waals surface area (Å²) in [6, 6.07) is 11.2. The fourth-order valence-electron chi connectivity index (χ4n) is 1.99.